The molecule has 0 radical (unpaired) electrons. The molecule has 6 heteroatoms. The van der Waals surface area contributed by atoms with E-state index in [1.165, 1.54) is 4.90 Å². The van der Waals surface area contributed by atoms with Crippen LogP contribution in [-0.4, -0.2) is 28.7 Å². The number of rotatable bonds is 4. The summed E-state index contributed by atoms with van der Waals surface area (Å²) in [5.74, 6) is -0.886. The Morgan fingerprint density at radius 3 is 2.46 bits per heavy atom. The Balaban J connectivity index is 2.06. The van der Waals surface area contributed by atoms with Gasteiger partial charge in [0, 0.05) is 23.0 Å². The molecular weight excluding hydrogens is 326 g/mol. The smallest absolute Gasteiger partial charge is 0.325 e. The number of ketones is 1. The van der Waals surface area contributed by atoms with Crippen LogP contribution in [0.4, 0.5) is 5.69 Å². The van der Waals surface area contributed by atoms with Gasteiger partial charge in [0.25, 0.3) is 5.78 Å². The van der Waals surface area contributed by atoms with Crippen LogP contribution in [0.2, 0.25) is 5.02 Å². The minimum absolute atomic E-state index is 0.157. The number of hydrogen-bond donors (Lipinski definition) is 0. The largest absolute Gasteiger partial charge is 0.361 e. The van der Waals surface area contributed by atoms with Gasteiger partial charge in [0.15, 0.2) is 0 Å². The summed E-state index contributed by atoms with van der Waals surface area (Å²) >= 11 is 5.90. The zero-order valence-corrected chi connectivity index (χ0v) is 13.4. The summed E-state index contributed by atoms with van der Waals surface area (Å²) in [5.41, 5.74) is 10.2. The molecule has 2 aromatic rings. The van der Waals surface area contributed by atoms with Gasteiger partial charge < -0.3 is 10.4 Å². The molecule has 1 saturated heterocycles. The molecule has 1 aliphatic rings. The molecule has 2 atom stereocenters. The van der Waals surface area contributed by atoms with E-state index in [1.807, 2.05) is 30.3 Å². The minimum Gasteiger partial charge on any atom is -0.361 e. The predicted octanol–water partition coefficient (Wildman–Crippen LogP) is 3.10. The van der Waals surface area contributed by atoms with Crippen LogP contribution < -0.4 is 4.90 Å². The molecule has 1 fully saturated rings. The molecule has 3 rings (SSSR count). The van der Waals surface area contributed by atoms with Crippen molar-refractivity contribution in [1.29, 1.82) is 0 Å². The lowest BCUT2D eigenvalue weighted by Crippen LogP contribution is -2.41. The highest BCUT2D eigenvalue weighted by molar-refractivity contribution is 6.31. The van der Waals surface area contributed by atoms with Crippen molar-refractivity contribution in [3.63, 3.8) is 0 Å². The van der Waals surface area contributed by atoms with Crippen molar-refractivity contribution in [2.45, 2.75) is 18.4 Å². The standard InChI is InChI=1S/C18H14ClN3O2/c19-13-6-8-14(9-7-13)22-17(24)10-15(12-4-2-1-3-5-12)18(22)16(23)11-21-20/h1-9,11,15,18H,10H2. The highest BCUT2D eigenvalue weighted by Gasteiger charge is 2.46. The van der Waals surface area contributed by atoms with Gasteiger partial charge in [0.1, 0.15) is 6.04 Å². The summed E-state index contributed by atoms with van der Waals surface area (Å²) in [5, 5.41) is 0.546. The highest BCUT2D eigenvalue weighted by atomic mass is 35.5. The maximum absolute atomic E-state index is 12.6. The van der Waals surface area contributed by atoms with E-state index in [0.29, 0.717) is 10.7 Å². The molecule has 0 aromatic heterocycles. The van der Waals surface area contributed by atoms with Crippen LogP contribution in [0, 0.1) is 0 Å². The van der Waals surface area contributed by atoms with Gasteiger partial charge in [-0.25, -0.2) is 0 Å². The summed E-state index contributed by atoms with van der Waals surface area (Å²) in [6.07, 6.45) is 1.06. The molecule has 0 saturated carbocycles. The number of Topliss-reactive ketones (excluding diaryl/α,β-unsaturated/α-hetero) is 1. The molecular formula is C18H14ClN3O2. The van der Waals surface area contributed by atoms with Crippen molar-refractivity contribution in [1.82, 2.24) is 0 Å². The summed E-state index contributed by atoms with van der Waals surface area (Å²) in [6, 6.07) is 15.4. The van der Waals surface area contributed by atoms with Crippen LogP contribution in [0.5, 0.6) is 0 Å². The molecule has 0 N–H and O–H groups in total. The van der Waals surface area contributed by atoms with Crippen LogP contribution in [0.1, 0.15) is 17.9 Å². The third kappa shape index (κ3) is 3.00. The summed E-state index contributed by atoms with van der Waals surface area (Å²) in [6.45, 7) is 0. The summed E-state index contributed by atoms with van der Waals surface area (Å²) in [7, 11) is 0. The number of carbonyl (C=O) groups excluding carboxylic acids is 2. The molecule has 1 aliphatic heterocycles. The Morgan fingerprint density at radius 2 is 1.83 bits per heavy atom. The lowest BCUT2D eigenvalue weighted by molar-refractivity contribution is -0.120. The Morgan fingerprint density at radius 1 is 1.17 bits per heavy atom. The molecule has 2 unspecified atom stereocenters. The normalized spacial score (nSPS) is 19.9. The van der Waals surface area contributed by atoms with Crippen molar-refractivity contribution in [3.8, 4) is 0 Å². The molecule has 0 spiro atoms. The zero-order chi connectivity index (χ0) is 17.1. The first-order valence-electron chi connectivity index (χ1n) is 7.45. The van der Waals surface area contributed by atoms with Gasteiger partial charge in [0.05, 0.1) is 0 Å². The number of amides is 1. The van der Waals surface area contributed by atoms with E-state index in [1.54, 1.807) is 24.3 Å². The van der Waals surface area contributed by atoms with Crippen molar-refractivity contribution in [3.05, 3.63) is 70.7 Å². The van der Waals surface area contributed by atoms with Gasteiger partial charge >= 0.3 is 6.21 Å². The second kappa shape index (κ2) is 6.79. The fourth-order valence-electron chi connectivity index (χ4n) is 3.10. The number of benzene rings is 2. The second-order valence-corrected chi connectivity index (χ2v) is 5.99. The van der Waals surface area contributed by atoms with Crippen molar-refractivity contribution >= 4 is 35.2 Å². The monoisotopic (exact) mass is 339 g/mol. The zero-order valence-electron chi connectivity index (χ0n) is 12.7. The van der Waals surface area contributed by atoms with Crippen LogP contribution in [0.3, 0.4) is 0 Å². The maximum Gasteiger partial charge on any atom is 0.325 e. The average Bonchev–Trinajstić information content (AvgIpc) is 2.94. The third-order valence-electron chi connectivity index (χ3n) is 4.13. The average molecular weight is 340 g/mol. The lowest BCUT2D eigenvalue weighted by atomic mass is 9.89. The molecule has 1 amide bonds. The summed E-state index contributed by atoms with van der Waals surface area (Å²) < 4.78 is 0. The third-order valence-corrected chi connectivity index (χ3v) is 4.38. The summed E-state index contributed by atoms with van der Waals surface area (Å²) in [4.78, 5) is 29.4. The molecule has 120 valence electrons. The number of anilines is 1. The van der Waals surface area contributed by atoms with Gasteiger partial charge in [-0.3, -0.25) is 9.59 Å². The van der Waals surface area contributed by atoms with Crippen LogP contribution in [0.25, 0.3) is 5.53 Å². The Hall–Kier alpha value is -2.75. The van der Waals surface area contributed by atoms with Gasteiger partial charge in [-0.1, -0.05) is 41.9 Å². The first-order valence-corrected chi connectivity index (χ1v) is 7.83. The number of hydrogen-bond acceptors (Lipinski definition) is 2. The fourth-order valence-corrected chi connectivity index (χ4v) is 3.22. The topological polar surface area (TPSA) is 73.8 Å². The van der Waals surface area contributed by atoms with E-state index in [4.69, 9.17) is 17.1 Å². The molecule has 0 aliphatic carbocycles. The van der Waals surface area contributed by atoms with E-state index < -0.39 is 11.8 Å². The second-order valence-electron chi connectivity index (χ2n) is 5.55. The minimum atomic E-state index is -0.753. The van der Waals surface area contributed by atoms with Crippen LogP contribution >= 0.6 is 11.6 Å². The van der Waals surface area contributed by atoms with Crippen molar-refractivity contribution in [2.24, 2.45) is 0 Å². The molecule has 5 nitrogen and oxygen atoms in total. The first kappa shape index (κ1) is 16.1. The van der Waals surface area contributed by atoms with Gasteiger partial charge in [-0.15, -0.1) is 0 Å². The number of carbonyl (C=O) groups is 2. The van der Waals surface area contributed by atoms with E-state index in [-0.39, 0.29) is 18.2 Å². The number of nitrogens with zero attached hydrogens (tertiary/aromatic N) is 3. The lowest BCUT2D eigenvalue weighted by Gasteiger charge is -2.25. The quantitative estimate of drug-likeness (QED) is 0.487. The SMILES string of the molecule is [N-]=[N+]=CC(=O)C1C(c2ccccc2)CC(=O)N1c1ccc(Cl)cc1. The Kier molecular flexibility index (Phi) is 4.56. The Bertz CT molecular complexity index is 814. The Labute approximate surface area is 144 Å². The molecule has 24 heavy (non-hydrogen) atoms. The van der Waals surface area contributed by atoms with E-state index >= 15 is 0 Å². The highest BCUT2D eigenvalue weighted by Crippen LogP contribution is 2.38. The van der Waals surface area contributed by atoms with Crippen LogP contribution in [-0.2, 0) is 9.59 Å². The van der Waals surface area contributed by atoms with Gasteiger partial charge in [-0.2, -0.15) is 4.79 Å². The first-order chi connectivity index (χ1) is 11.6. The van der Waals surface area contributed by atoms with Crippen molar-refractivity contribution in [2.75, 3.05) is 4.90 Å². The predicted molar refractivity (Wildman–Crippen MR) is 91.2 cm³/mol. The van der Waals surface area contributed by atoms with Crippen molar-refractivity contribution < 1.29 is 14.4 Å². The van der Waals surface area contributed by atoms with Gasteiger partial charge in [0.2, 0.25) is 5.91 Å². The number of halogens is 1. The van der Waals surface area contributed by atoms with E-state index in [0.717, 1.165) is 11.8 Å². The van der Waals surface area contributed by atoms with Gasteiger partial charge in [-0.05, 0) is 29.8 Å². The van der Waals surface area contributed by atoms with Crippen LogP contribution in [0.15, 0.2) is 54.6 Å². The maximum atomic E-state index is 12.6. The molecule has 2 aromatic carbocycles. The fraction of sp³-hybridized carbons (Fsp3) is 0.167. The van der Waals surface area contributed by atoms with E-state index in [9.17, 15) is 9.59 Å². The molecule has 0 bridgehead atoms. The molecule has 1 heterocycles. The van der Waals surface area contributed by atoms with E-state index in [2.05, 4.69) is 4.79 Å².